The van der Waals surface area contributed by atoms with Gasteiger partial charge < -0.3 is 14.8 Å². The average molecular weight is 365 g/mol. The summed E-state index contributed by atoms with van der Waals surface area (Å²) in [5.74, 6) is 0.659. The van der Waals surface area contributed by atoms with Gasteiger partial charge in [0.05, 0.1) is 12.0 Å². The van der Waals surface area contributed by atoms with Gasteiger partial charge in [0.2, 0.25) is 0 Å². The quantitative estimate of drug-likeness (QED) is 0.725. The number of hydrogen-bond acceptors (Lipinski definition) is 5. The van der Waals surface area contributed by atoms with Crippen LogP contribution in [0.3, 0.4) is 0 Å². The van der Waals surface area contributed by atoms with Crippen LogP contribution in [0.25, 0.3) is 22.6 Å². The van der Waals surface area contributed by atoms with Gasteiger partial charge in [-0.15, -0.1) is 0 Å². The van der Waals surface area contributed by atoms with Gasteiger partial charge in [-0.1, -0.05) is 0 Å². The fraction of sp³-hybridized carbons (Fsp3) is 0.421. The van der Waals surface area contributed by atoms with Gasteiger partial charge in [0, 0.05) is 43.6 Å². The Kier molecular flexibility index (Phi) is 4.70. The Balaban J connectivity index is 1.66. The molecule has 0 saturated carbocycles. The monoisotopic (exact) mass is 365 g/mol. The molecule has 3 aromatic rings. The number of pyridine rings is 1. The van der Waals surface area contributed by atoms with Crippen molar-refractivity contribution in [1.29, 1.82) is 0 Å². The molecular weight excluding hydrogens is 342 g/mol. The number of amides is 2. The zero-order valence-corrected chi connectivity index (χ0v) is 15.6. The van der Waals surface area contributed by atoms with Gasteiger partial charge in [-0.3, -0.25) is 4.98 Å². The summed E-state index contributed by atoms with van der Waals surface area (Å²) in [5, 5.41) is 2.83. The van der Waals surface area contributed by atoms with Crippen molar-refractivity contribution in [2.24, 2.45) is 0 Å². The van der Waals surface area contributed by atoms with Crippen LogP contribution >= 0.6 is 0 Å². The standard InChI is InChI=1S/C19H23N7O/c1-13(2)26-12-22-16-15(6-4-9-25-10-8-21-19(25)27)23-17(24-18(16)26)14-5-3-7-20-11-14/h3,5,7,11-13H,4,6,8-10H2,1-2H3,(H,21,27). The number of aromatic nitrogens is 5. The summed E-state index contributed by atoms with van der Waals surface area (Å²) in [6.45, 7) is 6.42. The number of carbonyl (C=O) groups is 1. The van der Waals surface area contributed by atoms with Crippen LogP contribution in [-0.4, -0.2) is 55.1 Å². The lowest BCUT2D eigenvalue weighted by Gasteiger charge is -2.14. The molecule has 1 aliphatic heterocycles. The number of nitrogens with zero attached hydrogens (tertiary/aromatic N) is 6. The number of fused-ring (bicyclic) bond motifs is 1. The molecule has 1 N–H and O–H groups in total. The number of nitrogens with one attached hydrogen (secondary N) is 1. The van der Waals surface area contributed by atoms with Crippen LogP contribution in [-0.2, 0) is 6.42 Å². The molecule has 0 spiro atoms. The van der Waals surface area contributed by atoms with Crippen LogP contribution in [0, 0.1) is 0 Å². The predicted octanol–water partition coefficient (Wildman–Crippen LogP) is 2.43. The Labute approximate surface area is 157 Å². The third-order valence-electron chi connectivity index (χ3n) is 4.76. The van der Waals surface area contributed by atoms with Crippen LogP contribution in [0.5, 0.6) is 0 Å². The zero-order valence-electron chi connectivity index (χ0n) is 15.6. The summed E-state index contributed by atoms with van der Waals surface area (Å²) in [6, 6.07) is 4.12. The maximum atomic E-state index is 11.7. The van der Waals surface area contributed by atoms with E-state index in [0.29, 0.717) is 12.4 Å². The summed E-state index contributed by atoms with van der Waals surface area (Å²) in [7, 11) is 0. The Hall–Kier alpha value is -3.03. The van der Waals surface area contributed by atoms with Crippen molar-refractivity contribution in [3.63, 3.8) is 0 Å². The molecule has 8 heteroatoms. The third kappa shape index (κ3) is 3.47. The number of imidazole rings is 1. The highest BCUT2D eigenvalue weighted by molar-refractivity contribution is 5.77. The second-order valence-corrected chi connectivity index (χ2v) is 6.98. The van der Waals surface area contributed by atoms with E-state index < -0.39 is 0 Å². The van der Waals surface area contributed by atoms with E-state index in [4.69, 9.17) is 9.97 Å². The molecule has 0 unspecified atom stereocenters. The first-order chi connectivity index (χ1) is 13.1. The molecule has 1 fully saturated rings. The minimum absolute atomic E-state index is 0.0166. The van der Waals surface area contributed by atoms with Gasteiger partial charge >= 0.3 is 6.03 Å². The highest BCUT2D eigenvalue weighted by atomic mass is 16.2. The third-order valence-corrected chi connectivity index (χ3v) is 4.76. The molecule has 3 aromatic heterocycles. The van der Waals surface area contributed by atoms with Gasteiger partial charge in [0.25, 0.3) is 0 Å². The molecule has 8 nitrogen and oxygen atoms in total. The van der Waals surface area contributed by atoms with E-state index in [1.165, 1.54) is 0 Å². The first kappa shape index (κ1) is 17.4. The fourth-order valence-corrected chi connectivity index (χ4v) is 3.31. The minimum Gasteiger partial charge on any atom is -0.336 e. The number of rotatable bonds is 6. The highest BCUT2D eigenvalue weighted by Crippen LogP contribution is 2.23. The molecule has 0 aromatic carbocycles. The van der Waals surface area contributed by atoms with E-state index in [9.17, 15) is 4.79 Å². The van der Waals surface area contributed by atoms with Gasteiger partial charge in [-0.2, -0.15) is 0 Å². The zero-order chi connectivity index (χ0) is 18.8. The minimum atomic E-state index is 0.0166. The normalized spacial score (nSPS) is 14.3. The van der Waals surface area contributed by atoms with Gasteiger partial charge in [0.1, 0.15) is 5.52 Å². The van der Waals surface area contributed by atoms with Crippen LogP contribution < -0.4 is 5.32 Å². The van der Waals surface area contributed by atoms with Crippen molar-refractivity contribution in [2.45, 2.75) is 32.7 Å². The molecule has 0 atom stereocenters. The average Bonchev–Trinajstić information content (AvgIpc) is 3.29. The summed E-state index contributed by atoms with van der Waals surface area (Å²) in [6.07, 6.45) is 6.91. The topological polar surface area (TPSA) is 88.8 Å². The maximum absolute atomic E-state index is 11.7. The molecule has 4 heterocycles. The van der Waals surface area contributed by atoms with Crippen LogP contribution in [0.15, 0.2) is 30.9 Å². The molecule has 27 heavy (non-hydrogen) atoms. The van der Waals surface area contributed by atoms with Crippen molar-refractivity contribution < 1.29 is 4.79 Å². The second-order valence-electron chi connectivity index (χ2n) is 6.98. The van der Waals surface area contributed by atoms with Gasteiger partial charge in [-0.05, 0) is 38.8 Å². The molecule has 1 aliphatic rings. The van der Waals surface area contributed by atoms with Crippen molar-refractivity contribution in [2.75, 3.05) is 19.6 Å². The lowest BCUT2D eigenvalue weighted by atomic mass is 10.2. The van der Waals surface area contributed by atoms with E-state index in [2.05, 4.69) is 33.7 Å². The molecular formula is C19H23N7O. The highest BCUT2D eigenvalue weighted by Gasteiger charge is 2.20. The lowest BCUT2D eigenvalue weighted by molar-refractivity contribution is 0.217. The Morgan fingerprint density at radius 1 is 1.30 bits per heavy atom. The molecule has 0 bridgehead atoms. The molecule has 0 aliphatic carbocycles. The number of carbonyl (C=O) groups excluding carboxylic acids is 1. The Bertz CT molecular complexity index is 951. The fourth-order valence-electron chi connectivity index (χ4n) is 3.31. The molecule has 2 amide bonds. The van der Waals surface area contributed by atoms with Crippen LogP contribution in [0.1, 0.15) is 32.0 Å². The second kappa shape index (κ2) is 7.30. The molecule has 0 radical (unpaired) electrons. The summed E-state index contributed by atoms with van der Waals surface area (Å²) in [4.78, 5) is 31.8. The molecule has 1 saturated heterocycles. The lowest BCUT2D eigenvalue weighted by Crippen LogP contribution is -2.29. The van der Waals surface area contributed by atoms with E-state index in [1.54, 1.807) is 12.4 Å². The first-order valence-electron chi connectivity index (χ1n) is 9.30. The maximum Gasteiger partial charge on any atom is 0.317 e. The molecule has 4 rings (SSSR count). The largest absolute Gasteiger partial charge is 0.336 e. The van der Waals surface area contributed by atoms with Crippen molar-refractivity contribution in [3.8, 4) is 11.4 Å². The SMILES string of the molecule is CC(C)n1cnc2c(CCCN3CCNC3=O)nc(-c3cccnc3)nc21. The van der Waals surface area contributed by atoms with E-state index in [0.717, 1.165) is 48.4 Å². The Morgan fingerprint density at radius 3 is 2.89 bits per heavy atom. The van der Waals surface area contributed by atoms with Crippen LogP contribution in [0.4, 0.5) is 4.79 Å². The van der Waals surface area contributed by atoms with E-state index >= 15 is 0 Å². The molecule has 140 valence electrons. The Morgan fingerprint density at radius 2 is 2.19 bits per heavy atom. The summed E-state index contributed by atoms with van der Waals surface area (Å²) in [5.41, 5.74) is 3.48. The summed E-state index contributed by atoms with van der Waals surface area (Å²) < 4.78 is 2.06. The van der Waals surface area contributed by atoms with E-state index in [-0.39, 0.29) is 12.1 Å². The van der Waals surface area contributed by atoms with Gasteiger partial charge in [0.15, 0.2) is 11.5 Å². The number of hydrogen-bond donors (Lipinski definition) is 1. The van der Waals surface area contributed by atoms with Crippen molar-refractivity contribution in [1.82, 2.24) is 34.7 Å². The van der Waals surface area contributed by atoms with E-state index in [1.807, 2.05) is 23.4 Å². The first-order valence-corrected chi connectivity index (χ1v) is 9.30. The number of aryl methyl sites for hydroxylation is 1. The van der Waals surface area contributed by atoms with Crippen molar-refractivity contribution >= 4 is 17.2 Å². The predicted molar refractivity (Wildman–Crippen MR) is 102 cm³/mol. The number of urea groups is 1. The van der Waals surface area contributed by atoms with Crippen LogP contribution in [0.2, 0.25) is 0 Å². The summed E-state index contributed by atoms with van der Waals surface area (Å²) >= 11 is 0. The van der Waals surface area contributed by atoms with Gasteiger partial charge in [-0.25, -0.2) is 19.7 Å². The van der Waals surface area contributed by atoms with Crippen molar-refractivity contribution in [3.05, 3.63) is 36.5 Å². The smallest absolute Gasteiger partial charge is 0.317 e.